The molecule has 0 unspecified atom stereocenters. The topological polar surface area (TPSA) is 56.5 Å². The van der Waals surface area contributed by atoms with Crippen molar-refractivity contribution in [3.05, 3.63) is 51.9 Å². The van der Waals surface area contributed by atoms with Crippen molar-refractivity contribution in [3.63, 3.8) is 0 Å². The summed E-state index contributed by atoms with van der Waals surface area (Å²) in [6, 6.07) is 9.14. The lowest BCUT2D eigenvalue weighted by atomic mass is 10.0. The Morgan fingerprint density at radius 1 is 1.14 bits per heavy atom. The number of ether oxygens (including phenoxy) is 1. The number of benzene rings is 2. The maximum absolute atomic E-state index is 12.3. The standard InChI is InChI=1S/C17H14O4/c1-9-5-4-6-11-12-7-8-13(20-3)15(10(2)18)16(12)21-17(19)14(9)11/h4-8H,1-3H3. The summed E-state index contributed by atoms with van der Waals surface area (Å²) in [6.07, 6.45) is 0. The molecule has 0 radical (unpaired) electrons. The summed E-state index contributed by atoms with van der Waals surface area (Å²) >= 11 is 0. The van der Waals surface area contributed by atoms with E-state index in [2.05, 4.69) is 0 Å². The summed E-state index contributed by atoms with van der Waals surface area (Å²) < 4.78 is 10.6. The number of Topliss-reactive ketones (excluding diaryl/α,β-unsaturated/α-hetero) is 1. The van der Waals surface area contributed by atoms with Gasteiger partial charge in [-0.1, -0.05) is 18.2 Å². The Morgan fingerprint density at radius 2 is 1.90 bits per heavy atom. The molecule has 0 saturated heterocycles. The van der Waals surface area contributed by atoms with Gasteiger partial charge in [0.05, 0.1) is 12.5 Å². The molecule has 3 rings (SSSR count). The van der Waals surface area contributed by atoms with E-state index in [1.807, 2.05) is 31.2 Å². The van der Waals surface area contributed by atoms with Gasteiger partial charge >= 0.3 is 5.63 Å². The van der Waals surface area contributed by atoms with E-state index in [-0.39, 0.29) is 11.4 Å². The highest BCUT2D eigenvalue weighted by Crippen LogP contribution is 2.32. The van der Waals surface area contributed by atoms with Gasteiger partial charge in [0.2, 0.25) is 0 Å². The highest BCUT2D eigenvalue weighted by Gasteiger charge is 2.18. The second kappa shape index (κ2) is 4.74. The minimum Gasteiger partial charge on any atom is -0.496 e. The van der Waals surface area contributed by atoms with E-state index in [9.17, 15) is 9.59 Å². The van der Waals surface area contributed by atoms with Gasteiger partial charge in [0, 0.05) is 10.8 Å². The number of fused-ring (bicyclic) bond motifs is 3. The average Bonchev–Trinajstić information content (AvgIpc) is 2.45. The van der Waals surface area contributed by atoms with E-state index in [4.69, 9.17) is 9.15 Å². The van der Waals surface area contributed by atoms with Gasteiger partial charge in [-0.2, -0.15) is 0 Å². The van der Waals surface area contributed by atoms with Gasteiger partial charge in [-0.15, -0.1) is 0 Å². The van der Waals surface area contributed by atoms with Crippen LogP contribution >= 0.6 is 0 Å². The first kappa shape index (κ1) is 13.4. The van der Waals surface area contributed by atoms with Crippen molar-refractivity contribution in [1.29, 1.82) is 0 Å². The number of hydrogen-bond donors (Lipinski definition) is 0. The quantitative estimate of drug-likeness (QED) is 0.410. The van der Waals surface area contributed by atoms with E-state index in [0.717, 1.165) is 16.3 Å². The normalized spacial score (nSPS) is 11.0. The molecule has 3 aromatic rings. The number of aryl methyl sites for hydroxylation is 1. The molecule has 0 atom stereocenters. The Balaban J connectivity index is 2.61. The van der Waals surface area contributed by atoms with Crippen LogP contribution in [0.15, 0.2) is 39.5 Å². The first-order valence-electron chi connectivity index (χ1n) is 6.58. The molecule has 0 saturated carbocycles. The molecule has 0 amide bonds. The van der Waals surface area contributed by atoms with E-state index >= 15 is 0 Å². The third-order valence-corrected chi connectivity index (χ3v) is 3.65. The van der Waals surface area contributed by atoms with Crippen molar-refractivity contribution in [3.8, 4) is 5.75 Å². The highest BCUT2D eigenvalue weighted by molar-refractivity contribution is 6.14. The molecular formula is C17H14O4. The van der Waals surface area contributed by atoms with Crippen LogP contribution in [0.4, 0.5) is 0 Å². The van der Waals surface area contributed by atoms with Crippen molar-refractivity contribution in [2.75, 3.05) is 7.11 Å². The molecule has 2 aromatic carbocycles. The fourth-order valence-corrected chi connectivity index (χ4v) is 2.69. The zero-order valence-corrected chi connectivity index (χ0v) is 12.0. The van der Waals surface area contributed by atoms with Gasteiger partial charge in [-0.25, -0.2) is 4.79 Å². The van der Waals surface area contributed by atoms with Crippen LogP contribution in [-0.2, 0) is 0 Å². The molecule has 0 spiro atoms. The van der Waals surface area contributed by atoms with Crippen molar-refractivity contribution in [2.45, 2.75) is 13.8 Å². The van der Waals surface area contributed by atoms with Gasteiger partial charge < -0.3 is 9.15 Å². The van der Waals surface area contributed by atoms with Crippen molar-refractivity contribution < 1.29 is 13.9 Å². The summed E-state index contributed by atoms with van der Waals surface area (Å²) in [6.45, 7) is 3.29. The maximum Gasteiger partial charge on any atom is 0.344 e. The Kier molecular flexibility index (Phi) is 3.01. The third kappa shape index (κ3) is 1.91. The fourth-order valence-electron chi connectivity index (χ4n) is 2.69. The summed E-state index contributed by atoms with van der Waals surface area (Å²) in [5.41, 5.74) is 0.996. The van der Waals surface area contributed by atoms with Crippen LogP contribution in [0.1, 0.15) is 22.8 Å². The summed E-state index contributed by atoms with van der Waals surface area (Å²) in [7, 11) is 1.48. The number of ketones is 1. The number of rotatable bonds is 2. The average molecular weight is 282 g/mol. The van der Waals surface area contributed by atoms with Crippen LogP contribution in [-0.4, -0.2) is 12.9 Å². The summed E-state index contributed by atoms with van der Waals surface area (Å²) in [5, 5.41) is 2.07. The van der Waals surface area contributed by atoms with E-state index in [1.165, 1.54) is 14.0 Å². The zero-order chi connectivity index (χ0) is 15.1. The van der Waals surface area contributed by atoms with Crippen molar-refractivity contribution in [2.24, 2.45) is 0 Å². The SMILES string of the molecule is COc1ccc2c(oc(=O)c3c(C)cccc32)c1C(C)=O. The van der Waals surface area contributed by atoms with Crippen LogP contribution < -0.4 is 10.4 Å². The second-order valence-electron chi connectivity index (χ2n) is 4.96. The highest BCUT2D eigenvalue weighted by atomic mass is 16.5. The van der Waals surface area contributed by atoms with Crippen LogP contribution in [0.5, 0.6) is 5.75 Å². The molecule has 0 fully saturated rings. The third-order valence-electron chi connectivity index (χ3n) is 3.65. The van der Waals surface area contributed by atoms with Gasteiger partial charge in [0.15, 0.2) is 11.4 Å². The molecule has 1 aromatic heterocycles. The van der Waals surface area contributed by atoms with Crippen LogP contribution in [0.25, 0.3) is 21.7 Å². The second-order valence-corrected chi connectivity index (χ2v) is 4.96. The Hall–Kier alpha value is -2.62. The molecule has 0 N–H and O–H groups in total. The number of carbonyl (C=O) groups excluding carboxylic acids is 1. The van der Waals surface area contributed by atoms with E-state index in [1.54, 1.807) is 6.07 Å². The van der Waals surface area contributed by atoms with Crippen molar-refractivity contribution >= 4 is 27.5 Å². The first-order valence-corrected chi connectivity index (χ1v) is 6.58. The Bertz CT molecular complexity index is 935. The fraction of sp³-hybridized carbons (Fsp3) is 0.176. The Labute approximate surface area is 120 Å². The van der Waals surface area contributed by atoms with E-state index in [0.29, 0.717) is 16.7 Å². The molecule has 4 heteroatoms. The number of methoxy groups -OCH3 is 1. The lowest BCUT2D eigenvalue weighted by Crippen LogP contribution is -2.06. The van der Waals surface area contributed by atoms with Crippen molar-refractivity contribution in [1.82, 2.24) is 0 Å². The molecule has 4 nitrogen and oxygen atoms in total. The Morgan fingerprint density at radius 3 is 2.57 bits per heavy atom. The molecule has 0 aliphatic carbocycles. The zero-order valence-electron chi connectivity index (χ0n) is 12.0. The molecular weight excluding hydrogens is 268 g/mol. The molecule has 0 bridgehead atoms. The van der Waals surface area contributed by atoms with Crippen LogP contribution in [0, 0.1) is 6.92 Å². The molecule has 0 aliphatic heterocycles. The van der Waals surface area contributed by atoms with E-state index < -0.39 is 5.63 Å². The van der Waals surface area contributed by atoms with Crippen LogP contribution in [0.3, 0.4) is 0 Å². The monoisotopic (exact) mass is 282 g/mol. The number of carbonyl (C=O) groups is 1. The predicted molar refractivity (Wildman–Crippen MR) is 81.3 cm³/mol. The van der Waals surface area contributed by atoms with Crippen LogP contribution in [0.2, 0.25) is 0 Å². The first-order chi connectivity index (χ1) is 10.0. The molecule has 106 valence electrons. The summed E-state index contributed by atoms with van der Waals surface area (Å²) in [5.74, 6) is 0.206. The van der Waals surface area contributed by atoms with Gasteiger partial charge in [-0.3, -0.25) is 4.79 Å². The largest absolute Gasteiger partial charge is 0.496 e. The maximum atomic E-state index is 12.3. The lowest BCUT2D eigenvalue weighted by molar-refractivity contribution is 0.101. The van der Waals surface area contributed by atoms with Gasteiger partial charge in [0.25, 0.3) is 0 Å². The smallest absolute Gasteiger partial charge is 0.344 e. The number of hydrogen-bond acceptors (Lipinski definition) is 4. The molecule has 21 heavy (non-hydrogen) atoms. The minimum absolute atomic E-state index is 0.201. The lowest BCUT2D eigenvalue weighted by Gasteiger charge is -2.10. The molecule has 1 heterocycles. The minimum atomic E-state index is -0.439. The van der Waals surface area contributed by atoms with Gasteiger partial charge in [0.1, 0.15) is 11.3 Å². The predicted octanol–water partition coefficient (Wildman–Crippen LogP) is 3.47. The molecule has 0 aliphatic rings. The van der Waals surface area contributed by atoms with Gasteiger partial charge in [-0.05, 0) is 31.5 Å². The summed E-state index contributed by atoms with van der Waals surface area (Å²) in [4.78, 5) is 24.2.